The minimum atomic E-state index is -0.134. The monoisotopic (exact) mass is 295 g/mol. The Balaban J connectivity index is 2.06. The van der Waals surface area contributed by atoms with Gasteiger partial charge in [0.05, 0.1) is 0 Å². The van der Waals surface area contributed by atoms with E-state index in [-0.39, 0.29) is 11.9 Å². The summed E-state index contributed by atoms with van der Waals surface area (Å²) >= 11 is 3.33. The summed E-state index contributed by atoms with van der Waals surface area (Å²) in [7, 11) is 0. The molecule has 102 valence electrons. The predicted octanol–water partition coefficient (Wildman–Crippen LogP) is 4.64. The number of nitrogens with one attached hydrogen (secondary N) is 1. The van der Waals surface area contributed by atoms with Gasteiger partial charge in [-0.15, -0.1) is 23.1 Å². The second kappa shape index (κ2) is 7.08. The van der Waals surface area contributed by atoms with E-state index in [0.717, 1.165) is 17.2 Å². The number of halogens is 1. The third-order valence-corrected chi connectivity index (χ3v) is 4.97. The molecule has 0 aliphatic rings. The van der Waals surface area contributed by atoms with E-state index >= 15 is 0 Å². The molecule has 0 aliphatic heterocycles. The number of aryl methyl sites for hydroxylation is 1. The van der Waals surface area contributed by atoms with Gasteiger partial charge in [0.2, 0.25) is 0 Å². The third kappa shape index (κ3) is 3.81. The van der Waals surface area contributed by atoms with Crippen LogP contribution in [0, 0.1) is 12.7 Å². The molecular weight excluding hydrogens is 277 g/mol. The quantitative estimate of drug-likeness (QED) is 0.779. The highest BCUT2D eigenvalue weighted by atomic mass is 32.2. The number of rotatable bonds is 6. The van der Waals surface area contributed by atoms with Crippen molar-refractivity contribution in [3.05, 3.63) is 52.0 Å². The molecule has 4 heteroatoms. The first-order valence-corrected chi connectivity index (χ1v) is 8.23. The minimum absolute atomic E-state index is 0.134. The summed E-state index contributed by atoms with van der Waals surface area (Å²) in [6.07, 6.45) is 0. The maximum absolute atomic E-state index is 13.6. The Morgan fingerprint density at radius 2 is 2.11 bits per heavy atom. The van der Waals surface area contributed by atoms with Gasteiger partial charge in [-0.3, -0.25) is 0 Å². The lowest BCUT2D eigenvalue weighted by atomic mass is 10.1. The predicted molar refractivity (Wildman–Crippen MR) is 82.6 cm³/mol. The van der Waals surface area contributed by atoms with Crippen LogP contribution in [0.2, 0.25) is 0 Å². The zero-order valence-electron chi connectivity index (χ0n) is 11.2. The van der Waals surface area contributed by atoms with Crippen molar-refractivity contribution in [3.8, 4) is 0 Å². The van der Waals surface area contributed by atoms with Crippen molar-refractivity contribution in [2.24, 2.45) is 0 Å². The number of benzene rings is 1. The molecule has 1 heterocycles. The van der Waals surface area contributed by atoms with Gasteiger partial charge in [-0.25, -0.2) is 4.39 Å². The maximum atomic E-state index is 13.6. The highest BCUT2D eigenvalue weighted by Gasteiger charge is 2.14. The van der Waals surface area contributed by atoms with Crippen LogP contribution < -0.4 is 5.32 Å². The molecule has 0 saturated carbocycles. The molecule has 2 rings (SSSR count). The highest BCUT2D eigenvalue weighted by molar-refractivity contribution is 7.99. The Bertz CT molecular complexity index is 524. The lowest BCUT2D eigenvalue weighted by Gasteiger charge is -2.18. The number of hydrogen-bond donors (Lipinski definition) is 1. The highest BCUT2D eigenvalue weighted by Crippen LogP contribution is 2.29. The SMILES string of the molecule is CCNC(CSc1ccccc1F)c1ccsc1C. The van der Waals surface area contributed by atoms with Gasteiger partial charge in [0.1, 0.15) is 5.82 Å². The van der Waals surface area contributed by atoms with Crippen LogP contribution in [0.15, 0.2) is 40.6 Å². The van der Waals surface area contributed by atoms with Crippen LogP contribution in [0.4, 0.5) is 4.39 Å². The topological polar surface area (TPSA) is 12.0 Å². The molecule has 1 aromatic heterocycles. The summed E-state index contributed by atoms with van der Waals surface area (Å²) < 4.78 is 13.6. The van der Waals surface area contributed by atoms with Crippen LogP contribution in [0.5, 0.6) is 0 Å². The van der Waals surface area contributed by atoms with Crippen LogP contribution in [-0.2, 0) is 0 Å². The van der Waals surface area contributed by atoms with E-state index in [1.807, 2.05) is 12.1 Å². The molecule has 1 unspecified atom stereocenters. The second-order valence-electron chi connectivity index (χ2n) is 4.28. The molecule has 0 aliphatic carbocycles. The number of thiophene rings is 1. The average Bonchev–Trinajstić information content (AvgIpc) is 2.82. The molecule has 0 radical (unpaired) electrons. The number of thioether (sulfide) groups is 1. The van der Waals surface area contributed by atoms with E-state index < -0.39 is 0 Å². The van der Waals surface area contributed by atoms with Gasteiger partial charge in [-0.2, -0.15) is 0 Å². The van der Waals surface area contributed by atoms with Gasteiger partial charge in [-0.1, -0.05) is 19.1 Å². The summed E-state index contributed by atoms with van der Waals surface area (Å²) in [5, 5.41) is 5.59. The first kappa shape index (κ1) is 14.6. The molecule has 19 heavy (non-hydrogen) atoms. The van der Waals surface area contributed by atoms with Crippen LogP contribution in [0.3, 0.4) is 0 Å². The fourth-order valence-corrected chi connectivity index (χ4v) is 3.79. The molecule has 1 nitrogen and oxygen atoms in total. The summed E-state index contributed by atoms with van der Waals surface area (Å²) in [6.45, 7) is 5.15. The zero-order chi connectivity index (χ0) is 13.7. The number of hydrogen-bond acceptors (Lipinski definition) is 3. The average molecular weight is 295 g/mol. The third-order valence-electron chi connectivity index (χ3n) is 2.97. The van der Waals surface area contributed by atoms with E-state index in [1.54, 1.807) is 29.2 Å². The van der Waals surface area contributed by atoms with Crippen molar-refractivity contribution in [3.63, 3.8) is 0 Å². The van der Waals surface area contributed by atoms with Gasteiger partial charge in [0.25, 0.3) is 0 Å². The molecule has 0 amide bonds. The molecule has 2 aromatic rings. The standard InChI is InChI=1S/C15H18FNS2/c1-3-17-14(12-8-9-18-11(12)2)10-19-15-7-5-4-6-13(15)16/h4-9,14,17H,3,10H2,1-2H3. The molecule has 1 atom stereocenters. The van der Waals surface area contributed by atoms with Crippen LogP contribution >= 0.6 is 23.1 Å². The van der Waals surface area contributed by atoms with Crippen molar-refractivity contribution in [2.45, 2.75) is 24.8 Å². The lowest BCUT2D eigenvalue weighted by Crippen LogP contribution is -2.23. The van der Waals surface area contributed by atoms with E-state index in [2.05, 4.69) is 30.6 Å². The van der Waals surface area contributed by atoms with Gasteiger partial charge < -0.3 is 5.32 Å². The Labute approximate surface area is 122 Å². The molecule has 0 saturated heterocycles. The van der Waals surface area contributed by atoms with Gasteiger partial charge >= 0.3 is 0 Å². The largest absolute Gasteiger partial charge is 0.309 e. The maximum Gasteiger partial charge on any atom is 0.136 e. The molecular formula is C15H18FNS2. The molecule has 1 N–H and O–H groups in total. The summed E-state index contributed by atoms with van der Waals surface area (Å²) in [5.74, 6) is 0.705. The van der Waals surface area contributed by atoms with Crippen molar-refractivity contribution in [1.82, 2.24) is 5.32 Å². The first-order valence-electron chi connectivity index (χ1n) is 6.37. The second-order valence-corrected chi connectivity index (χ2v) is 6.47. The van der Waals surface area contributed by atoms with Crippen molar-refractivity contribution >= 4 is 23.1 Å². The molecule has 0 bridgehead atoms. The lowest BCUT2D eigenvalue weighted by molar-refractivity contribution is 0.595. The minimum Gasteiger partial charge on any atom is -0.309 e. The van der Waals surface area contributed by atoms with E-state index in [0.29, 0.717) is 0 Å². The Hall–Kier alpha value is -0.840. The van der Waals surface area contributed by atoms with Crippen molar-refractivity contribution in [1.29, 1.82) is 0 Å². The molecule has 0 fully saturated rings. The summed E-state index contributed by atoms with van der Waals surface area (Å²) in [5.41, 5.74) is 1.33. The smallest absolute Gasteiger partial charge is 0.136 e. The Kier molecular flexibility index (Phi) is 5.43. The van der Waals surface area contributed by atoms with Crippen LogP contribution in [-0.4, -0.2) is 12.3 Å². The molecule has 0 spiro atoms. The van der Waals surface area contributed by atoms with Crippen molar-refractivity contribution in [2.75, 3.05) is 12.3 Å². The summed E-state index contributed by atoms with van der Waals surface area (Å²) in [4.78, 5) is 2.05. The zero-order valence-corrected chi connectivity index (χ0v) is 12.8. The van der Waals surface area contributed by atoms with E-state index in [4.69, 9.17) is 0 Å². The first-order chi connectivity index (χ1) is 9.22. The van der Waals surface area contributed by atoms with Crippen LogP contribution in [0.1, 0.15) is 23.4 Å². The fourth-order valence-electron chi connectivity index (χ4n) is 2.00. The van der Waals surface area contributed by atoms with Gasteiger partial charge in [-0.05, 0) is 42.6 Å². The Morgan fingerprint density at radius 1 is 1.32 bits per heavy atom. The Morgan fingerprint density at radius 3 is 2.74 bits per heavy atom. The van der Waals surface area contributed by atoms with E-state index in [9.17, 15) is 4.39 Å². The normalized spacial score (nSPS) is 12.6. The van der Waals surface area contributed by atoms with Crippen molar-refractivity contribution < 1.29 is 4.39 Å². The van der Waals surface area contributed by atoms with Gasteiger partial charge in [0, 0.05) is 21.6 Å². The molecule has 1 aromatic carbocycles. The van der Waals surface area contributed by atoms with Gasteiger partial charge in [0.15, 0.2) is 0 Å². The summed E-state index contributed by atoms with van der Waals surface area (Å²) in [6, 6.07) is 9.40. The van der Waals surface area contributed by atoms with E-state index in [1.165, 1.54) is 16.5 Å². The fraction of sp³-hybridized carbons (Fsp3) is 0.333. The van der Waals surface area contributed by atoms with Crippen LogP contribution in [0.25, 0.3) is 0 Å².